The van der Waals surface area contributed by atoms with E-state index in [4.69, 9.17) is 9.84 Å². The Hall–Kier alpha value is -0.760. The average Bonchev–Trinajstić information content (AvgIpc) is 1.98. The number of hydrogen-bond acceptors (Lipinski definition) is 2. The van der Waals surface area contributed by atoms with Crippen LogP contribution >= 0.6 is 0 Å². The highest BCUT2D eigenvalue weighted by atomic mass is 16.5. The van der Waals surface area contributed by atoms with Gasteiger partial charge < -0.3 is 9.84 Å². The number of hydrogen-bond donors (Lipinski definition) is 1. The number of aliphatic hydroxyl groups is 1. The van der Waals surface area contributed by atoms with E-state index in [9.17, 15) is 0 Å². The third kappa shape index (κ3) is 5.38. The van der Waals surface area contributed by atoms with E-state index in [1.54, 1.807) is 6.08 Å². The third-order valence-electron chi connectivity index (χ3n) is 1.07. The van der Waals surface area contributed by atoms with Gasteiger partial charge in [-0.05, 0) is 18.9 Å². The fourth-order valence-corrected chi connectivity index (χ4v) is 0.476. The Morgan fingerprint density at radius 1 is 1.50 bits per heavy atom. The van der Waals surface area contributed by atoms with E-state index in [2.05, 4.69) is 13.2 Å². The van der Waals surface area contributed by atoms with Crippen LogP contribution in [0.5, 0.6) is 0 Å². The van der Waals surface area contributed by atoms with Crippen LogP contribution in [0.4, 0.5) is 0 Å². The van der Waals surface area contributed by atoms with E-state index < -0.39 is 0 Å². The summed E-state index contributed by atoms with van der Waals surface area (Å²) in [6.45, 7) is 7.90. The van der Waals surface area contributed by atoms with Crippen LogP contribution in [-0.4, -0.2) is 18.3 Å². The second-order valence-electron chi connectivity index (χ2n) is 1.95. The SMILES string of the molecule is C=CC(=C)OCCCCO. The van der Waals surface area contributed by atoms with Crippen molar-refractivity contribution in [3.05, 3.63) is 25.0 Å². The number of rotatable bonds is 6. The van der Waals surface area contributed by atoms with E-state index in [-0.39, 0.29) is 6.61 Å². The summed E-state index contributed by atoms with van der Waals surface area (Å²) >= 11 is 0. The molecule has 2 heteroatoms. The fraction of sp³-hybridized carbons (Fsp3) is 0.500. The quantitative estimate of drug-likeness (QED) is 0.346. The predicted molar refractivity (Wildman–Crippen MR) is 41.6 cm³/mol. The molecule has 0 aromatic rings. The van der Waals surface area contributed by atoms with Gasteiger partial charge in [-0.15, -0.1) is 0 Å². The van der Waals surface area contributed by atoms with Crippen LogP contribution in [0.25, 0.3) is 0 Å². The van der Waals surface area contributed by atoms with Crippen molar-refractivity contribution in [2.75, 3.05) is 13.2 Å². The molecule has 0 aliphatic carbocycles. The minimum absolute atomic E-state index is 0.226. The fourth-order valence-electron chi connectivity index (χ4n) is 0.476. The molecule has 0 heterocycles. The Kier molecular flexibility index (Phi) is 5.88. The predicted octanol–water partition coefficient (Wildman–Crippen LogP) is 1.48. The molecule has 0 aromatic carbocycles. The van der Waals surface area contributed by atoms with Gasteiger partial charge in [0.25, 0.3) is 0 Å². The first-order chi connectivity index (χ1) is 4.81. The lowest BCUT2D eigenvalue weighted by molar-refractivity contribution is 0.203. The van der Waals surface area contributed by atoms with E-state index >= 15 is 0 Å². The summed E-state index contributed by atoms with van der Waals surface area (Å²) < 4.78 is 5.07. The van der Waals surface area contributed by atoms with Crippen LogP contribution in [0.1, 0.15) is 12.8 Å². The van der Waals surface area contributed by atoms with Crippen molar-refractivity contribution in [3.8, 4) is 0 Å². The van der Waals surface area contributed by atoms with Gasteiger partial charge in [-0.3, -0.25) is 0 Å². The molecule has 0 saturated heterocycles. The zero-order valence-electron chi connectivity index (χ0n) is 6.18. The Bertz CT molecular complexity index is 108. The lowest BCUT2D eigenvalue weighted by atomic mass is 10.3. The van der Waals surface area contributed by atoms with Gasteiger partial charge in [0.15, 0.2) is 0 Å². The summed E-state index contributed by atoms with van der Waals surface area (Å²) in [7, 11) is 0. The van der Waals surface area contributed by atoms with Gasteiger partial charge in [0.2, 0.25) is 0 Å². The molecule has 0 saturated carbocycles. The van der Waals surface area contributed by atoms with E-state index in [0.717, 1.165) is 12.8 Å². The maximum absolute atomic E-state index is 8.39. The molecular weight excluding hydrogens is 128 g/mol. The highest BCUT2D eigenvalue weighted by molar-refractivity contribution is 5.01. The van der Waals surface area contributed by atoms with Gasteiger partial charge in [0.05, 0.1) is 6.61 Å². The highest BCUT2D eigenvalue weighted by Gasteiger charge is 1.87. The molecule has 0 unspecified atom stereocenters. The molecule has 0 bridgehead atoms. The Balaban J connectivity index is 3.03. The van der Waals surface area contributed by atoms with Crippen molar-refractivity contribution < 1.29 is 9.84 Å². The summed E-state index contributed by atoms with van der Waals surface area (Å²) in [5.41, 5.74) is 0. The van der Waals surface area contributed by atoms with Gasteiger partial charge in [-0.1, -0.05) is 13.2 Å². The Morgan fingerprint density at radius 3 is 2.70 bits per heavy atom. The van der Waals surface area contributed by atoms with E-state index in [0.29, 0.717) is 12.4 Å². The Morgan fingerprint density at radius 2 is 2.20 bits per heavy atom. The zero-order chi connectivity index (χ0) is 7.82. The normalized spacial score (nSPS) is 8.90. The van der Waals surface area contributed by atoms with Crippen molar-refractivity contribution in [1.82, 2.24) is 0 Å². The number of ether oxygens (including phenoxy) is 1. The molecule has 1 N–H and O–H groups in total. The molecular formula is C8H14O2. The molecule has 2 nitrogen and oxygen atoms in total. The molecule has 0 atom stereocenters. The van der Waals surface area contributed by atoms with E-state index in [1.165, 1.54) is 0 Å². The van der Waals surface area contributed by atoms with Crippen LogP contribution < -0.4 is 0 Å². The van der Waals surface area contributed by atoms with E-state index in [1.807, 2.05) is 0 Å². The summed E-state index contributed by atoms with van der Waals surface area (Å²) in [6.07, 6.45) is 3.22. The van der Waals surface area contributed by atoms with Gasteiger partial charge >= 0.3 is 0 Å². The summed E-state index contributed by atoms with van der Waals surface area (Å²) in [6, 6.07) is 0. The smallest absolute Gasteiger partial charge is 0.111 e. The van der Waals surface area contributed by atoms with Crippen molar-refractivity contribution in [3.63, 3.8) is 0 Å². The molecule has 0 aliphatic rings. The molecule has 0 radical (unpaired) electrons. The number of unbranched alkanes of at least 4 members (excludes halogenated alkanes) is 1. The monoisotopic (exact) mass is 142 g/mol. The van der Waals surface area contributed by atoms with Crippen LogP contribution in [0.3, 0.4) is 0 Å². The van der Waals surface area contributed by atoms with Crippen molar-refractivity contribution >= 4 is 0 Å². The first-order valence-electron chi connectivity index (χ1n) is 3.36. The first-order valence-corrected chi connectivity index (χ1v) is 3.36. The minimum atomic E-state index is 0.226. The molecule has 0 fully saturated rings. The molecule has 0 aromatic heterocycles. The van der Waals surface area contributed by atoms with Gasteiger partial charge in [0.1, 0.15) is 5.76 Å². The summed E-state index contributed by atoms with van der Waals surface area (Å²) in [4.78, 5) is 0. The van der Waals surface area contributed by atoms with Crippen LogP contribution in [0.15, 0.2) is 25.0 Å². The maximum Gasteiger partial charge on any atom is 0.111 e. The van der Waals surface area contributed by atoms with Crippen molar-refractivity contribution in [2.45, 2.75) is 12.8 Å². The standard InChI is InChI=1S/C8H14O2/c1-3-8(2)10-7-5-4-6-9/h3,9H,1-2,4-7H2. The minimum Gasteiger partial charge on any atom is -0.494 e. The largest absolute Gasteiger partial charge is 0.494 e. The highest BCUT2D eigenvalue weighted by Crippen LogP contribution is 1.96. The lowest BCUT2D eigenvalue weighted by Gasteiger charge is -2.02. The Labute approximate surface area is 61.8 Å². The molecule has 0 rings (SSSR count). The third-order valence-corrected chi connectivity index (χ3v) is 1.07. The number of aliphatic hydroxyl groups excluding tert-OH is 1. The molecule has 0 aliphatic heterocycles. The molecule has 0 amide bonds. The molecule has 0 spiro atoms. The number of allylic oxidation sites excluding steroid dienone is 1. The second kappa shape index (κ2) is 6.36. The van der Waals surface area contributed by atoms with Gasteiger partial charge in [0, 0.05) is 6.61 Å². The molecule has 10 heavy (non-hydrogen) atoms. The van der Waals surface area contributed by atoms with Gasteiger partial charge in [-0.2, -0.15) is 0 Å². The average molecular weight is 142 g/mol. The van der Waals surface area contributed by atoms with Gasteiger partial charge in [-0.25, -0.2) is 0 Å². The van der Waals surface area contributed by atoms with Crippen LogP contribution in [-0.2, 0) is 4.74 Å². The second-order valence-corrected chi connectivity index (χ2v) is 1.95. The maximum atomic E-state index is 8.39. The lowest BCUT2D eigenvalue weighted by Crippen LogP contribution is -1.93. The topological polar surface area (TPSA) is 29.5 Å². The summed E-state index contributed by atoms with van der Waals surface area (Å²) in [5, 5.41) is 8.39. The van der Waals surface area contributed by atoms with Crippen molar-refractivity contribution in [2.24, 2.45) is 0 Å². The van der Waals surface area contributed by atoms with Crippen LogP contribution in [0.2, 0.25) is 0 Å². The summed E-state index contributed by atoms with van der Waals surface area (Å²) in [5.74, 6) is 0.595. The van der Waals surface area contributed by atoms with Crippen LogP contribution in [0, 0.1) is 0 Å². The van der Waals surface area contributed by atoms with Crippen molar-refractivity contribution in [1.29, 1.82) is 0 Å². The first kappa shape index (κ1) is 9.24. The zero-order valence-corrected chi connectivity index (χ0v) is 6.18. The molecule has 58 valence electrons.